The molecule has 41 heavy (non-hydrogen) atoms. The molecule has 0 N–H and O–H groups in total. The van der Waals surface area contributed by atoms with Gasteiger partial charge in [0, 0.05) is 21.2 Å². The maximum Gasteiger partial charge on any atom is 0.174 e. The summed E-state index contributed by atoms with van der Waals surface area (Å²) in [6.45, 7) is 0. The Hall–Kier alpha value is -4.42. The van der Waals surface area contributed by atoms with Gasteiger partial charge in [0.05, 0.1) is 38.0 Å². The van der Waals surface area contributed by atoms with Crippen molar-refractivity contribution in [3.8, 4) is 11.5 Å². The van der Waals surface area contributed by atoms with E-state index in [4.69, 9.17) is 32.2 Å². The minimum absolute atomic E-state index is 0.564. The Morgan fingerprint density at radius 2 is 0.683 bits per heavy atom. The van der Waals surface area contributed by atoms with Crippen LogP contribution < -0.4 is 36.6 Å². The molecular weight excluding hydrogens is 542 g/mol. The van der Waals surface area contributed by atoms with E-state index in [0.717, 1.165) is 24.3 Å². The number of hydrogen-bond donors (Lipinski definition) is 0. The van der Waals surface area contributed by atoms with E-state index < -0.39 is 178 Å². The Bertz CT molecular complexity index is 2530. The fourth-order valence-electron chi connectivity index (χ4n) is 4.03. The molecule has 0 atom stereocenters. The minimum atomic E-state index is -5.34. The van der Waals surface area contributed by atoms with Crippen LogP contribution in [0.15, 0.2) is 169 Å². The number of hydrogen-bond acceptors (Lipinski definition) is 3. The van der Waals surface area contributed by atoms with Crippen molar-refractivity contribution < 1.29 is 41.3 Å². The summed E-state index contributed by atoms with van der Waals surface area (Å²) in [5.74, 6) is -1.13. The Labute approximate surface area is 269 Å². The van der Waals surface area contributed by atoms with Gasteiger partial charge in [-0.05, 0) is 24.3 Å². The zero-order valence-electron chi connectivity index (χ0n) is 40.7. The van der Waals surface area contributed by atoms with Gasteiger partial charge in [-0.15, -0.1) is 0 Å². The lowest BCUT2D eigenvalue weighted by Crippen LogP contribution is -2.27. The van der Waals surface area contributed by atoms with Gasteiger partial charge < -0.3 is 13.9 Å². The molecule has 0 spiro atoms. The normalized spacial score (nSPS) is 18.4. The summed E-state index contributed by atoms with van der Waals surface area (Å²) < 4.78 is 209. The van der Waals surface area contributed by atoms with Gasteiger partial charge in [0.1, 0.15) is 11.5 Å². The molecule has 0 aromatic heterocycles. The molecule has 0 saturated heterocycles. The molecule has 3 nitrogen and oxygen atoms in total. The number of rotatable bonds is 8. The molecule has 200 valence electrons. The molecule has 5 heteroatoms. The standard InChI is InChI=1S/C36H28O3P2/c37-40(29-17-5-1-6-18-29,30-19-7-2-8-20-30)35-27-15-13-25-33(35)39-34-26-14-16-28-36(34)41(38,31-21-9-3-10-22-31)32-23-11-4-12-24-32/h1-28H/i1D,2D,3D,4D,5D,6D,7D,8D,9D,10D,11D,12D,17D,18D,19D,20D,21D,22D,23D,24D. The molecule has 6 aromatic rings. The summed E-state index contributed by atoms with van der Waals surface area (Å²) in [5.41, 5.74) is 0. The highest BCUT2D eigenvalue weighted by atomic mass is 31.2. The van der Waals surface area contributed by atoms with Crippen LogP contribution in [0.4, 0.5) is 0 Å². The number of ether oxygens (including phenoxy) is 1. The lowest BCUT2D eigenvalue weighted by atomic mass is 10.3. The van der Waals surface area contributed by atoms with Gasteiger partial charge in [0.25, 0.3) is 0 Å². The molecule has 6 aromatic carbocycles. The van der Waals surface area contributed by atoms with E-state index in [9.17, 15) is 0 Å². The Balaban J connectivity index is 1.78. The summed E-state index contributed by atoms with van der Waals surface area (Å²) in [4.78, 5) is 0. The average molecular weight is 591 g/mol. The fourth-order valence-corrected chi connectivity index (χ4v) is 8.61. The average Bonchev–Trinajstić information content (AvgIpc) is 3.23. The highest BCUT2D eigenvalue weighted by Gasteiger charge is 2.35. The topological polar surface area (TPSA) is 43.4 Å². The van der Waals surface area contributed by atoms with Crippen LogP contribution in [0.25, 0.3) is 0 Å². The summed E-state index contributed by atoms with van der Waals surface area (Å²) in [7, 11) is -10.7. The maximum absolute atomic E-state index is 16.2. The van der Waals surface area contributed by atoms with E-state index in [0.29, 0.717) is 0 Å². The third-order valence-corrected chi connectivity index (χ3v) is 11.3. The van der Waals surface area contributed by atoms with Gasteiger partial charge in [-0.1, -0.05) is 145 Å². The lowest BCUT2D eigenvalue weighted by molar-refractivity contribution is 0.489. The second kappa shape index (κ2) is 11.6. The largest absolute Gasteiger partial charge is 0.456 e. The molecule has 0 fully saturated rings. The zero-order chi connectivity index (χ0) is 45.5. The predicted molar refractivity (Wildman–Crippen MR) is 172 cm³/mol. The first-order valence-corrected chi connectivity index (χ1v) is 15.2. The van der Waals surface area contributed by atoms with Crippen LogP contribution in [0.5, 0.6) is 11.5 Å². The van der Waals surface area contributed by atoms with Gasteiger partial charge in [0.15, 0.2) is 14.3 Å². The van der Waals surface area contributed by atoms with Crippen molar-refractivity contribution in [3.05, 3.63) is 169 Å². The summed E-state index contributed by atoms with van der Waals surface area (Å²) >= 11 is 0. The number of para-hydroxylation sites is 2. The highest BCUT2D eigenvalue weighted by molar-refractivity contribution is 7.86. The second-order valence-electron chi connectivity index (χ2n) is 8.15. The third-order valence-electron chi connectivity index (χ3n) is 5.84. The van der Waals surface area contributed by atoms with Crippen LogP contribution in [-0.2, 0) is 9.13 Å². The quantitative estimate of drug-likeness (QED) is 0.184. The smallest absolute Gasteiger partial charge is 0.174 e. The van der Waals surface area contributed by atoms with Gasteiger partial charge in [0.2, 0.25) is 0 Å². The summed E-state index contributed by atoms with van der Waals surface area (Å²) in [6, 6.07) is -10.3. The lowest BCUT2D eigenvalue weighted by Gasteiger charge is -2.25. The van der Waals surface area contributed by atoms with E-state index in [1.807, 2.05) is 0 Å². The Kier molecular flexibility index (Phi) is 3.45. The summed E-state index contributed by atoms with van der Waals surface area (Å²) in [5, 5.41) is -5.09. The molecule has 0 heterocycles. The van der Waals surface area contributed by atoms with Gasteiger partial charge in [-0.3, -0.25) is 0 Å². The molecule has 6 rings (SSSR count). The van der Waals surface area contributed by atoms with E-state index in [1.165, 1.54) is 24.3 Å². The van der Waals surface area contributed by atoms with Crippen molar-refractivity contribution >= 4 is 46.1 Å². The third kappa shape index (κ3) is 5.00. The molecule has 0 amide bonds. The van der Waals surface area contributed by atoms with Crippen molar-refractivity contribution in [2.24, 2.45) is 0 Å². The van der Waals surface area contributed by atoms with E-state index >= 15 is 9.13 Å². The van der Waals surface area contributed by atoms with Gasteiger partial charge >= 0.3 is 0 Å². The van der Waals surface area contributed by atoms with Crippen LogP contribution in [0.1, 0.15) is 27.4 Å². The first-order chi connectivity index (χ1) is 28.4. The van der Waals surface area contributed by atoms with Crippen LogP contribution in [0.3, 0.4) is 0 Å². The van der Waals surface area contributed by atoms with Crippen LogP contribution in [0, 0.1) is 0 Å². The predicted octanol–water partition coefficient (Wildman–Crippen LogP) is 6.76. The van der Waals surface area contributed by atoms with Gasteiger partial charge in [-0.25, -0.2) is 0 Å². The summed E-state index contributed by atoms with van der Waals surface area (Å²) in [6.07, 6.45) is 0. The van der Waals surface area contributed by atoms with Crippen molar-refractivity contribution in [2.75, 3.05) is 0 Å². The van der Waals surface area contributed by atoms with E-state index in [-0.39, 0.29) is 0 Å². The molecule has 0 unspecified atom stereocenters. The second-order valence-corrected chi connectivity index (χ2v) is 13.3. The Morgan fingerprint density at radius 1 is 0.415 bits per heavy atom. The van der Waals surface area contributed by atoms with E-state index in [2.05, 4.69) is 0 Å². The highest BCUT2D eigenvalue weighted by Crippen LogP contribution is 2.48. The number of benzene rings is 6. The molecule has 0 bridgehead atoms. The van der Waals surface area contributed by atoms with Crippen molar-refractivity contribution in [1.82, 2.24) is 0 Å². The van der Waals surface area contributed by atoms with Crippen molar-refractivity contribution in [1.29, 1.82) is 0 Å². The molecule has 0 radical (unpaired) electrons. The molecule has 0 aliphatic carbocycles. The van der Waals surface area contributed by atoms with Crippen molar-refractivity contribution in [2.45, 2.75) is 0 Å². The van der Waals surface area contributed by atoms with E-state index in [1.54, 1.807) is 0 Å². The molecule has 0 aliphatic rings. The van der Waals surface area contributed by atoms with Crippen molar-refractivity contribution in [3.63, 3.8) is 0 Å². The SMILES string of the molecule is [2H]c1c([2H])c([2H])c(P(=O)(c2ccccc2Oc2ccccc2P(=O)(c2c([2H])c([2H])c([2H])c([2H])c2[2H])c2c([2H])c([2H])c([2H])c([2H])c2[2H])c2c([2H])c([2H])c([2H])c([2H])c2[2H])c([2H])c1[2H]. The van der Waals surface area contributed by atoms with Crippen LogP contribution in [-0.4, -0.2) is 0 Å². The zero-order valence-corrected chi connectivity index (χ0v) is 22.5. The minimum Gasteiger partial charge on any atom is -0.456 e. The fraction of sp³-hybridized carbons (Fsp3) is 0. The molecule has 0 saturated carbocycles. The molecular formula is C36H28O3P2. The Morgan fingerprint density at radius 3 is 0.976 bits per heavy atom. The monoisotopic (exact) mass is 590 g/mol. The first kappa shape index (κ1) is 12.2. The van der Waals surface area contributed by atoms with Crippen LogP contribution in [0.2, 0.25) is 0 Å². The molecule has 0 aliphatic heterocycles. The maximum atomic E-state index is 16.2. The van der Waals surface area contributed by atoms with Gasteiger partial charge in [-0.2, -0.15) is 0 Å². The first-order valence-electron chi connectivity index (χ1n) is 21.8. The van der Waals surface area contributed by atoms with Crippen LogP contribution >= 0.6 is 14.3 Å².